The molecule has 1 amide bonds. The summed E-state index contributed by atoms with van der Waals surface area (Å²) >= 11 is 0. The molecule has 0 aliphatic carbocycles. The molecule has 1 aliphatic rings. The molecule has 82 valence electrons. The number of hydrogen-bond acceptors (Lipinski definition) is 1. The van der Waals surface area contributed by atoms with Gasteiger partial charge in [-0.15, -0.1) is 0 Å². The van der Waals surface area contributed by atoms with E-state index in [2.05, 4.69) is 20.4 Å². The number of piperidine rings is 1. The summed E-state index contributed by atoms with van der Waals surface area (Å²) in [6, 6.07) is 0. The van der Waals surface area contributed by atoms with Crippen LogP contribution < -0.4 is 0 Å². The summed E-state index contributed by atoms with van der Waals surface area (Å²) in [4.78, 5) is 13.1. The molecule has 0 unspecified atom stereocenters. The highest BCUT2D eigenvalue weighted by Crippen LogP contribution is 2.29. The van der Waals surface area contributed by atoms with Crippen molar-refractivity contribution in [1.82, 2.24) is 4.90 Å². The van der Waals surface area contributed by atoms with Crippen LogP contribution in [0.3, 0.4) is 0 Å². The van der Waals surface area contributed by atoms with Crippen molar-refractivity contribution in [3.63, 3.8) is 0 Å². The third-order valence-electron chi connectivity index (χ3n) is 2.60. The number of rotatable bonds is 1. The second-order valence-electron chi connectivity index (χ2n) is 4.19. The average Bonchev–Trinajstić information content (AvgIpc) is 2.20. The molecule has 2 heteroatoms. The van der Waals surface area contributed by atoms with Gasteiger partial charge in [-0.3, -0.25) is 4.79 Å². The quantitative estimate of drug-likeness (QED) is 0.592. The lowest BCUT2D eigenvalue weighted by molar-refractivity contribution is -0.127. The van der Waals surface area contributed by atoms with E-state index in [-0.39, 0.29) is 5.91 Å². The summed E-state index contributed by atoms with van der Waals surface area (Å²) in [5.41, 5.74) is 0.415. The molecule has 1 aliphatic heterocycles. The molecule has 0 spiro atoms. The Morgan fingerprint density at radius 3 is 2.07 bits per heavy atom. The molecule has 1 rings (SSSR count). The number of nitrogens with zero attached hydrogens (tertiary/aromatic N) is 1. The van der Waals surface area contributed by atoms with Gasteiger partial charge in [0.05, 0.1) is 0 Å². The van der Waals surface area contributed by atoms with Gasteiger partial charge in [-0.2, -0.15) is 0 Å². The van der Waals surface area contributed by atoms with Crippen LogP contribution in [0.4, 0.5) is 0 Å². The molecular weight excluding hydrogens is 174 g/mol. The van der Waals surface area contributed by atoms with E-state index in [0.29, 0.717) is 5.41 Å². The summed E-state index contributed by atoms with van der Waals surface area (Å²) in [6.45, 7) is 13.8. The third-order valence-corrected chi connectivity index (χ3v) is 2.60. The maximum absolute atomic E-state index is 11.2. The van der Waals surface area contributed by atoms with Crippen LogP contribution >= 0.6 is 0 Å². The Balaban J connectivity index is 0.000000791. The van der Waals surface area contributed by atoms with Crippen LogP contribution in [-0.4, -0.2) is 23.9 Å². The maximum Gasteiger partial charge on any atom is 0.245 e. The fourth-order valence-corrected chi connectivity index (χ4v) is 1.46. The molecular formula is C12H23NO. The first-order valence-electron chi connectivity index (χ1n) is 5.46. The molecule has 0 aromatic rings. The van der Waals surface area contributed by atoms with E-state index in [1.807, 2.05) is 18.7 Å². The van der Waals surface area contributed by atoms with E-state index in [4.69, 9.17) is 0 Å². The first kappa shape index (κ1) is 13.2. The molecule has 1 saturated heterocycles. The van der Waals surface area contributed by atoms with Crippen LogP contribution in [0.1, 0.15) is 40.5 Å². The van der Waals surface area contributed by atoms with Crippen LogP contribution in [0.15, 0.2) is 12.7 Å². The van der Waals surface area contributed by atoms with Gasteiger partial charge in [-0.1, -0.05) is 34.3 Å². The van der Waals surface area contributed by atoms with Gasteiger partial charge in [0.1, 0.15) is 0 Å². The summed E-state index contributed by atoms with van der Waals surface area (Å²) in [5.74, 6) is 0.0745. The smallest absolute Gasteiger partial charge is 0.245 e. The van der Waals surface area contributed by atoms with Gasteiger partial charge in [-0.25, -0.2) is 0 Å². The first-order chi connectivity index (χ1) is 6.55. The highest BCUT2D eigenvalue weighted by molar-refractivity contribution is 5.87. The van der Waals surface area contributed by atoms with Crippen molar-refractivity contribution < 1.29 is 4.79 Å². The van der Waals surface area contributed by atoms with Crippen molar-refractivity contribution in [1.29, 1.82) is 0 Å². The van der Waals surface area contributed by atoms with Crippen molar-refractivity contribution in [2.75, 3.05) is 13.1 Å². The van der Waals surface area contributed by atoms with Gasteiger partial charge >= 0.3 is 0 Å². The molecule has 1 heterocycles. The third kappa shape index (κ3) is 3.95. The van der Waals surface area contributed by atoms with Crippen molar-refractivity contribution in [2.24, 2.45) is 5.41 Å². The van der Waals surface area contributed by atoms with Crippen molar-refractivity contribution in [2.45, 2.75) is 40.5 Å². The molecule has 0 aromatic heterocycles. The molecule has 0 saturated carbocycles. The number of amides is 1. The molecule has 0 bridgehead atoms. The minimum Gasteiger partial charge on any atom is -0.339 e. The molecule has 1 fully saturated rings. The Kier molecular flexibility index (Phi) is 5.51. The largest absolute Gasteiger partial charge is 0.339 e. The highest BCUT2D eigenvalue weighted by atomic mass is 16.2. The Morgan fingerprint density at radius 1 is 1.29 bits per heavy atom. The number of carbonyl (C=O) groups is 1. The predicted octanol–water partition coefficient (Wildman–Crippen LogP) is 2.85. The summed E-state index contributed by atoms with van der Waals surface area (Å²) in [5, 5.41) is 0. The monoisotopic (exact) mass is 197 g/mol. The SMILES string of the molecule is C=CC(=O)N1CCC(C)(C)CC1.CC. The van der Waals surface area contributed by atoms with Gasteiger partial charge in [0.2, 0.25) is 5.91 Å². The van der Waals surface area contributed by atoms with E-state index in [1.165, 1.54) is 6.08 Å². The average molecular weight is 197 g/mol. The van der Waals surface area contributed by atoms with E-state index in [9.17, 15) is 4.79 Å². The molecule has 0 atom stereocenters. The number of likely N-dealkylation sites (tertiary alicyclic amines) is 1. The van der Waals surface area contributed by atoms with Gasteiger partial charge in [0.15, 0.2) is 0 Å². The molecule has 2 nitrogen and oxygen atoms in total. The minimum absolute atomic E-state index is 0.0745. The van der Waals surface area contributed by atoms with Crippen LogP contribution in [0.5, 0.6) is 0 Å². The standard InChI is InChI=1S/C10H17NO.C2H6/c1-4-9(12)11-7-5-10(2,3)6-8-11;1-2/h4H,1,5-8H2,2-3H3;1-2H3. The van der Waals surface area contributed by atoms with E-state index < -0.39 is 0 Å². The zero-order valence-electron chi connectivity index (χ0n) is 9.97. The highest BCUT2D eigenvalue weighted by Gasteiger charge is 2.26. The second-order valence-corrected chi connectivity index (χ2v) is 4.19. The summed E-state index contributed by atoms with van der Waals surface area (Å²) in [7, 11) is 0. The maximum atomic E-state index is 11.2. The normalized spacial score (nSPS) is 19.3. The van der Waals surface area contributed by atoms with Gasteiger partial charge in [-0.05, 0) is 24.3 Å². The van der Waals surface area contributed by atoms with E-state index >= 15 is 0 Å². The first-order valence-corrected chi connectivity index (χ1v) is 5.46. The molecule has 0 aromatic carbocycles. The zero-order chi connectivity index (χ0) is 11.2. The van der Waals surface area contributed by atoms with Crippen LogP contribution in [0, 0.1) is 5.41 Å². The van der Waals surface area contributed by atoms with Gasteiger partial charge in [0, 0.05) is 13.1 Å². The van der Waals surface area contributed by atoms with Crippen LogP contribution in [0.25, 0.3) is 0 Å². The number of carbonyl (C=O) groups excluding carboxylic acids is 1. The Labute approximate surface area is 88.0 Å². The topological polar surface area (TPSA) is 20.3 Å². The van der Waals surface area contributed by atoms with E-state index in [0.717, 1.165) is 25.9 Å². The fraction of sp³-hybridized carbons (Fsp3) is 0.750. The van der Waals surface area contributed by atoms with Crippen molar-refractivity contribution >= 4 is 5.91 Å². The molecule has 14 heavy (non-hydrogen) atoms. The van der Waals surface area contributed by atoms with Gasteiger partial charge in [0.25, 0.3) is 0 Å². The lowest BCUT2D eigenvalue weighted by atomic mass is 9.83. The predicted molar refractivity (Wildman–Crippen MR) is 61.1 cm³/mol. The van der Waals surface area contributed by atoms with Crippen molar-refractivity contribution in [3.05, 3.63) is 12.7 Å². The lowest BCUT2D eigenvalue weighted by Gasteiger charge is -2.36. The summed E-state index contributed by atoms with van der Waals surface area (Å²) < 4.78 is 0. The summed E-state index contributed by atoms with van der Waals surface area (Å²) in [6.07, 6.45) is 3.61. The minimum atomic E-state index is 0.0745. The second kappa shape index (κ2) is 5.84. The van der Waals surface area contributed by atoms with Crippen LogP contribution in [-0.2, 0) is 4.79 Å². The fourth-order valence-electron chi connectivity index (χ4n) is 1.46. The Morgan fingerprint density at radius 2 is 1.71 bits per heavy atom. The van der Waals surface area contributed by atoms with Crippen molar-refractivity contribution in [3.8, 4) is 0 Å². The lowest BCUT2D eigenvalue weighted by Crippen LogP contribution is -2.40. The Bertz CT molecular complexity index is 186. The Hall–Kier alpha value is -0.790. The zero-order valence-corrected chi connectivity index (χ0v) is 9.97. The molecule has 0 N–H and O–H groups in total. The number of hydrogen-bond donors (Lipinski definition) is 0. The molecule has 0 radical (unpaired) electrons. The van der Waals surface area contributed by atoms with Crippen LogP contribution in [0.2, 0.25) is 0 Å². The van der Waals surface area contributed by atoms with Gasteiger partial charge < -0.3 is 4.90 Å². The van der Waals surface area contributed by atoms with E-state index in [1.54, 1.807) is 0 Å².